The predicted molar refractivity (Wildman–Crippen MR) is 66.5 cm³/mol. The Morgan fingerprint density at radius 1 is 1.39 bits per heavy atom. The van der Waals surface area contributed by atoms with Gasteiger partial charge in [-0.2, -0.15) is 0 Å². The van der Waals surface area contributed by atoms with Crippen LogP contribution < -0.4 is 14.8 Å². The van der Waals surface area contributed by atoms with Crippen LogP contribution in [0.15, 0.2) is 18.2 Å². The van der Waals surface area contributed by atoms with Crippen molar-refractivity contribution < 1.29 is 14.3 Å². The zero-order valence-electron chi connectivity index (χ0n) is 10.4. The van der Waals surface area contributed by atoms with Crippen molar-refractivity contribution in [3.05, 3.63) is 23.8 Å². The van der Waals surface area contributed by atoms with Gasteiger partial charge in [-0.3, -0.25) is 4.79 Å². The van der Waals surface area contributed by atoms with Crippen molar-refractivity contribution >= 4 is 5.91 Å². The Morgan fingerprint density at radius 2 is 2.17 bits per heavy atom. The van der Waals surface area contributed by atoms with E-state index in [-0.39, 0.29) is 11.8 Å². The number of carbonyl (C=O) groups excluding carboxylic acids is 1. The van der Waals surface area contributed by atoms with Crippen LogP contribution in [0, 0.1) is 11.8 Å². The lowest BCUT2D eigenvalue weighted by Crippen LogP contribution is -2.27. The minimum atomic E-state index is 0.197. The van der Waals surface area contributed by atoms with Crippen LogP contribution in [0.5, 0.6) is 11.5 Å². The number of nitrogens with one attached hydrogen (secondary N) is 1. The Labute approximate surface area is 106 Å². The van der Waals surface area contributed by atoms with E-state index in [4.69, 9.17) is 9.47 Å². The fourth-order valence-electron chi connectivity index (χ4n) is 2.25. The summed E-state index contributed by atoms with van der Waals surface area (Å²) in [6, 6.07) is 5.91. The van der Waals surface area contributed by atoms with E-state index in [1.807, 2.05) is 18.2 Å². The molecule has 2 atom stereocenters. The molecule has 2 aliphatic rings. The van der Waals surface area contributed by atoms with Crippen LogP contribution in [0.4, 0.5) is 0 Å². The Bertz CT molecular complexity index is 472. The van der Waals surface area contributed by atoms with Crippen molar-refractivity contribution in [1.29, 1.82) is 0 Å². The first-order valence-corrected chi connectivity index (χ1v) is 6.40. The predicted octanol–water partition coefficient (Wildman–Crippen LogP) is 1.73. The zero-order valence-corrected chi connectivity index (χ0v) is 10.4. The van der Waals surface area contributed by atoms with Crippen LogP contribution in [0.25, 0.3) is 0 Å². The van der Waals surface area contributed by atoms with E-state index in [9.17, 15) is 4.79 Å². The van der Waals surface area contributed by atoms with Gasteiger partial charge in [0.15, 0.2) is 11.5 Å². The second-order valence-corrected chi connectivity index (χ2v) is 5.05. The van der Waals surface area contributed by atoms with Crippen molar-refractivity contribution in [1.82, 2.24) is 5.32 Å². The summed E-state index contributed by atoms with van der Waals surface area (Å²) in [5.41, 5.74) is 1.16. The molecule has 18 heavy (non-hydrogen) atoms. The molecule has 3 rings (SSSR count). The van der Waals surface area contributed by atoms with Crippen LogP contribution >= 0.6 is 0 Å². The van der Waals surface area contributed by atoms with Crippen molar-refractivity contribution in [2.75, 3.05) is 13.3 Å². The Kier molecular flexibility index (Phi) is 2.86. The van der Waals surface area contributed by atoms with Gasteiger partial charge in [0.25, 0.3) is 0 Å². The summed E-state index contributed by atoms with van der Waals surface area (Å²) < 4.78 is 10.6. The zero-order chi connectivity index (χ0) is 12.5. The second-order valence-electron chi connectivity index (χ2n) is 5.05. The molecule has 1 aliphatic carbocycles. The van der Waals surface area contributed by atoms with Gasteiger partial charge in [-0.25, -0.2) is 0 Å². The molecule has 0 aromatic heterocycles. The molecule has 4 heteroatoms. The van der Waals surface area contributed by atoms with Gasteiger partial charge < -0.3 is 14.8 Å². The quantitative estimate of drug-likeness (QED) is 0.881. The third-order valence-corrected chi connectivity index (χ3v) is 3.60. The van der Waals surface area contributed by atoms with Gasteiger partial charge in [-0.15, -0.1) is 0 Å². The fourth-order valence-corrected chi connectivity index (χ4v) is 2.25. The molecule has 0 spiro atoms. The number of amides is 1. The average Bonchev–Trinajstić information content (AvgIpc) is 2.91. The lowest BCUT2D eigenvalue weighted by Gasteiger charge is -2.05. The lowest BCUT2D eigenvalue weighted by molar-refractivity contribution is -0.122. The molecule has 1 heterocycles. The Hall–Kier alpha value is -1.71. The summed E-state index contributed by atoms with van der Waals surface area (Å²) in [5, 5.41) is 2.98. The monoisotopic (exact) mass is 247 g/mol. The Morgan fingerprint density at radius 3 is 2.94 bits per heavy atom. The maximum absolute atomic E-state index is 11.6. The van der Waals surface area contributed by atoms with Gasteiger partial charge >= 0.3 is 0 Å². The Balaban J connectivity index is 1.49. The molecule has 0 saturated heterocycles. The molecule has 1 N–H and O–H groups in total. The van der Waals surface area contributed by atoms with Crippen molar-refractivity contribution in [2.45, 2.75) is 19.8 Å². The van der Waals surface area contributed by atoms with Crippen LogP contribution in [0.1, 0.15) is 18.9 Å². The van der Waals surface area contributed by atoms with Gasteiger partial charge in [0.1, 0.15) is 0 Å². The highest BCUT2D eigenvalue weighted by atomic mass is 16.7. The molecule has 0 radical (unpaired) electrons. The molecular weight excluding hydrogens is 230 g/mol. The largest absolute Gasteiger partial charge is 0.454 e. The topological polar surface area (TPSA) is 47.6 Å². The molecule has 1 amide bonds. The van der Waals surface area contributed by atoms with Crippen LogP contribution in [-0.2, 0) is 11.2 Å². The molecule has 1 fully saturated rings. The van der Waals surface area contributed by atoms with Crippen LogP contribution in [0.2, 0.25) is 0 Å². The molecule has 1 aromatic rings. The molecule has 0 bridgehead atoms. The molecule has 2 unspecified atom stereocenters. The number of benzene rings is 1. The summed E-state index contributed by atoms with van der Waals surface area (Å²) in [6.07, 6.45) is 1.86. The van der Waals surface area contributed by atoms with E-state index in [1.54, 1.807) is 0 Å². The van der Waals surface area contributed by atoms with Gasteiger partial charge in [0, 0.05) is 12.5 Å². The van der Waals surface area contributed by atoms with Gasteiger partial charge in [0.05, 0.1) is 0 Å². The van der Waals surface area contributed by atoms with Crippen molar-refractivity contribution in [3.8, 4) is 11.5 Å². The number of hydrogen-bond acceptors (Lipinski definition) is 3. The van der Waals surface area contributed by atoms with E-state index in [2.05, 4.69) is 12.2 Å². The summed E-state index contributed by atoms with van der Waals surface area (Å²) in [7, 11) is 0. The first-order valence-electron chi connectivity index (χ1n) is 6.40. The molecule has 1 aromatic carbocycles. The summed E-state index contributed by atoms with van der Waals surface area (Å²) in [6.45, 7) is 3.10. The number of carbonyl (C=O) groups is 1. The minimum Gasteiger partial charge on any atom is -0.454 e. The summed E-state index contributed by atoms with van der Waals surface area (Å²) in [4.78, 5) is 11.6. The standard InChI is InChI=1S/C14H17NO3/c1-9-6-11(9)14(16)15-5-4-10-2-3-12-13(7-10)18-8-17-12/h2-3,7,9,11H,4-6,8H2,1H3,(H,15,16). The number of fused-ring (bicyclic) bond motifs is 1. The second kappa shape index (κ2) is 4.52. The highest BCUT2D eigenvalue weighted by Gasteiger charge is 2.38. The van der Waals surface area contributed by atoms with Gasteiger partial charge in [0.2, 0.25) is 12.7 Å². The van der Waals surface area contributed by atoms with Crippen LogP contribution in [0.3, 0.4) is 0 Å². The summed E-state index contributed by atoms with van der Waals surface area (Å²) in [5.74, 6) is 2.62. The normalized spacial score (nSPS) is 23.8. The highest BCUT2D eigenvalue weighted by molar-refractivity contribution is 5.81. The maximum atomic E-state index is 11.6. The molecule has 4 nitrogen and oxygen atoms in total. The molecule has 1 aliphatic heterocycles. The minimum absolute atomic E-state index is 0.197. The third-order valence-electron chi connectivity index (χ3n) is 3.60. The smallest absolute Gasteiger partial charge is 0.231 e. The third kappa shape index (κ3) is 2.28. The van der Waals surface area contributed by atoms with E-state index in [1.165, 1.54) is 0 Å². The van der Waals surface area contributed by atoms with Crippen LogP contribution in [-0.4, -0.2) is 19.2 Å². The molecule has 96 valence electrons. The van der Waals surface area contributed by atoms with E-state index < -0.39 is 0 Å². The van der Waals surface area contributed by atoms with E-state index >= 15 is 0 Å². The SMILES string of the molecule is CC1CC1C(=O)NCCc1ccc2c(c1)OCO2. The number of ether oxygens (including phenoxy) is 2. The highest BCUT2D eigenvalue weighted by Crippen LogP contribution is 2.37. The maximum Gasteiger partial charge on any atom is 0.231 e. The number of rotatable bonds is 4. The van der Waals surface area contributed by atoms with Gasteiger partial charge in [-0.05, 0) is 36.5 Å². The average molecular weight is 247 g/mol. The van der Waals surface area contributed by atoms with E-state index in [0.717, 1.165) is 29.9 Å². The van der Waals surface area contributed by atoms with E-state index in [0.29, 0.717) is 19.3 Å². The number of hydrogen-bond donors (Lipinski definition) is 1. The fraction of sp³-hybridized carbons (Fsp3) is 0.500. The molecular formula is C14H17NO3. The van der Waals surface area contributed by atoms with Gasteiger partial charge in [-0.1, -0.05) is 13.0 Å². The first-order chi connectivity index (χ1) is 8.74. The lowest BCUT2D eigenvalue weighted by atomic mass is 10.1. The van der Waals surface area contributed by atoms with Crippen molar-refractivity contribution in [2.24, 2.45) is 11.8 Å². The summed E-state index contributed by atoms with van der Waals surface area (Å²) >= 11 is 0. The van der Waals surface area contributed by atoms with Crippen molar-refractivity contribution in [3.63, 3.8) is 0 Å². The first kappa shape index (κ1) is 11.4. The molecule has 1 saturated carbocycles.